The molecular weight excluding hydrogens is 310 g/mol. The number of ether oxygens (including phenoxy) is 1. The molecule has 5 atom stereocenters. The maximum atomic E-state index is 10.2. The lowest BCUT2D eigenvalue weighted by atomic mass is 9.90. The Kier molecular flexibility index (Phi) is 5.23. The van der Waals surface area contributed by atoms with E-state index >= 15 is 0 Å². The molecule has 0 saturated carbocycles. The predicted molar refractivity (Wildman–Crippen MR) is 86.2 cm³/mol. The largest absolute Gasteiger partial charge is 0.394 e. The number of benzene rings is 1. The van der Waals surface area contributed by atoms with Gasteiger partial charge >= 0.3 is 0 Å². The van der Waals surface area contributed by atoms with E-state index in [1.165, 1.54) is 0 Å². The van der Waals surface area contributed by atoms with Gasteiger partial charge in [0.2, 0.25) is 0 Å². The number of hydrogen-bond acceptors (Lipinski definition) is 6. The molecule has 0 aliphatic carbocycles. The molecule has 2 aromatic rings. The molecule has 3 unspecified atom stereocenters. The van der Waals surface area contributed by atoms with Gasteiger partial charge in [0, 0.05) is 18.3 Å². The Balaban J connectivity index is 1.82. The fraction of sp³-hybridized carbons (Fsp3) is 0.389. The summed E-state index contributed by atoms with van der Waals surface area (Å²) in [4.78, 5) is 4.29. The lowest BCUT2D eigenvalue weighted by molar-refractivity contribution is -0.231. The Morgan fingerprint density at radius 1 is 0.958 bits per heavy atom. The highest BCUT2D eigenvalue weighted by molar-refractivity contribution is 5.29. The summed E-state index contributed by atoms with van der Waals surface area (Å²) >= 11 is 0. The molecule has 6 heteroatoms. The standard InChI is InChI=1S/C18H21NO5/c20-10-14-15(21)16(22)17(23)18(24-14)12-5-3-4-11(8-12)9-13-6-1-2-7-19-13/h1-8,14-18,20-23H,9-10H2/t14?,15-,16?,17-,18?/m1/s1. The zero-order chi connectivity index (χ0) is 17.1. The van der Waals surface area contributed by atoms with Gasteiger partial charge in [-0.2, -0.15) is 0 Å². The number of nitrogens with zero attached hydrogens (tertiary/aromatic N) is 1. The Hall–Kier alpha value is -1.83. The Labute approximate surface area is 140 Å². The number of pyridine rings is 1. The van der Waals surface area contributed by atoms with Crippen LogP contribution in [0, 0.1) is 0 Å². The first-order valence-electron chi connectivity index (χ1n) is 7.89. The van der Waals surface area contributed by atoms with Gasteiger partial charge in [-0.05, 0) is 23.3 Å². The van der Waals surface area contributed by atoms with Gasteiger partial charge in [-0.3, -0.25) is 4.98 Å². The predicted octanol–water partition coefficient (Wildman–Crippen LogP) is 0.187. The second kappa shape index (κ2) is 7.38. The zero-order valence-electron chi connectivity index (χ0n) is 13.1. The van der Waals surface area contributed by atoms with E-state index in [2.05, 4.69) is 4.98 Å². The second-order valence-electron chi connectivity index (χ2n) is 5.99. The maximum Gasteiger partial charge on any atom is 0.113 e. The molecule has 6 nitrogen and oxygen atoms in total. The van der Waals surface area contributed by atoms with Gasteiger partial charge in [0.1, 0.15) is 30.5 Å². The molecule has 1 saturated heterocycles. The van der Waals surface area contributed by atoms with Crippen LogP contribution in [0.1, 0.15) is 22.9 Å². The van der Waals surface area contributed by atoms with E-state index in [0.717, 1.165) is 11.3 Å². The third-order valence-corrected chi connectivity index (χ3v) is 4.28. The first-order chi connectivity index (χ1) is 11.6. The smallest absolute Gasteiger partial charge is 0.113 e. The summed E-state index contributed by atoms with van der Waals surface area (Å²) in [5.41, 5.74) is 2.59. The van der Waals surface area contributed by atoms with Gasteiger partial charge < -0.3 is 25.2 Å². The summed E-state index contributed by atoms with van der Waals surface area (Å²) in [6, 6.07) is 13.2. The maximum absolute atomic E-state index is 10.2. The SMILES string of the molecule is OCC1OC(c2cccc(Cc3ccccn3)c2)[C@H](O)C(O)[C@@H]1O. The molecule has 1 aliphatic rings. The third kappa shape index (κ3) is 3.48. The fourth-order valence-electron chi connectivity index (χ4n) is 2.97. The van der Waals surface area contributed by atoms with Crippen LogP contribution in [0.4, 0.5) is 0 Å². The number of aliphatic hydroxyl groups excluding tert-OH is 4. The van der Waals surface area contributed by atoms with Crippen LogP contribution in [0.25, 0.3) is 0 Å². The van der Waals surface area contributed by atoms with E-state index in [9.17, 15) is 20.4 Å². The Morgan fingerprint density at radius 2 is 1.79 bits per heavy atom. The topological polar surface area (TPSA) is 103 Å². The van der Waals surface area contributed by atoms with Gasteiger partial charge in [-0.25, -0.2) is 0 Å². The molecule has 0 bridgehead atoms. The van der Waals surface area contributed by atoms with E-state index in [0.29, 0.717) is 12.0 Å². The van der Waals surface area contributed by atoms with Crippen molar-refractivity contribution in [1.29, 1.82) is 0 Å². The first-order valence-corrected chi connectivity index (χ1v) is 7.89. The lowest BCUT2D eigenvalue weighted by Gasteiger charge is -2.40. The molecular formula is C18H21NO5. The van der Waals surface area contributed by atoms with E-state index in [-0.39, 0.29) is 0 Å². The van der Waals surface area contributed by atoms with Crippen molar-refractivity contribution < 1.29 is 25.2 Å². The molecule has 2 heterocycles. The monoisotopic (exact) mass is 331 g/mol. The molecule has 24 heavy (non-hydrogen) atoms. The minimum Gasteiger partial charge on any atom is -0.394 e. The van der Waals surface area contributed by atoms with Crippen molar-refractivity contribution in [3.8, 4) is 0 Å². The van der Waals surface area contributed by atoms with Crippen molar-refractivity contribution in [2.45, 2.75) is 36.9 Å². The highest BCUT2D eigenvalue weighted by Crippen LogP contribution is 2.32. The first kappa shape index (κ1) is 17.0. The highest BCUT2D eigenvalue weighted by Gasteiger charge is 2.43. The normalized spacial score (nSPS) is 30.2. The van der Waals surface area contributed by atoms with E-state index in [1.807, 2.05) is 36.4 Å². The molecule has 1 aromatic heterocycles. The van der Waals surface area contributed by atoms with Crippen LogP contribution in [0.2, 0.25) is 0 Å². The van der Waals surface area contributed by atoms with Crippen LogP contribution in [-0.4, -0.2) is 56.4 Å². The second-order valence-corrected chi connectivity index (χ2v) is 5.99. The molecule has 0 radical (unpaired) electrons. The summed E-state index contributed by atoms with van der Waals surface area (Å²) < 4.78 is 5.60. The number of aliphatic hydroxyl groups is 4. The van der Waals surface area contributed by atoms with Crippen molar-refractivity contribution in [1.82, 2.24) is 4.98 Å². The van der Waals surface area contributed by atoms with Crippen molar-refractivity contribution in [2.75, 3.05) is 6.61 Å². The molecule has 0 spiro atoms. The number of rotatable bonds is 4. The van der Waals surface area contributed by atoms with Crippen LogP contribution < -0.4 is 0 Å². The van der Waals surface area contributed by atoms with E-state index < -0.39 is 37.1 Å². The average Bonchev–Trinajstić information content (AvgIpc) is 2.61. The summed E-state index contributed by atoms with van der Waals surface area (Å²) in [7, 11) is 0. The molecule has 0 amide bonds. The highest BCUT2D eigenvalue weighted by atomic mass is 16.5. The number of hydrogen-bond donors (Lipinski definition) is 4. The van der Waals surface area contributed by atoms with Crippen molar-refractivity contribution in [3.63, 3.8) is 0 Å². The summed E-state index contributed by atoms with van der Waals surface area (Å²) in [5, 5.41) is 39.3. The molecule has 1 fully saturated rings. The van der Waals surface area contributed by atoms with Crippen LogP contribution in [0.5, 0.6) is 0 Å². The minimum atomic E-state index is -1.37. The van der Waals surface area contributed by atoms with Gasteiger partial charge in [0.05, 0.1) is 6.61 Å². The third-order valence-electron chi connectivity index (χ3n) is 4.28. The Morgan fingerprint density at radius 3 is 2.50 bits per heavy atom. The van der Waals surface area contributed by atoms with Crippen LogP contribution in [0.3, 0.4) is 0 Å². The van der Waals surface area contributed by atoms with Crippen LogP contribution in [-0.2, 0) is 11.2 Å². The van der Waals surface area contributed by atoms with Crippen molar-refractivity contribution >= 4 is 0 Å². The fourth-order valence-corrected chi connectivity index (χ4v) is 2.97. The quantitative estimate of drug-likeness (QED) is 0.638. The molecule has 1 aromatic carbocycles. The van der Waals surface area contributed by atoms with Gasteiger partial charge in [0.15, 0.2) is 0 Å². The zero-order valence-corrected chi connectivity index (χ0v) is 13.1. The molecule has 3 rings (SSSR count). The van der Waals surface area contributed by atoms with Crippen molar-refractivity contribution in [3.05, 3.63) is 65.5 Å². The molecule has 4 N–H and O–H groups in total. The van der Waals surface area contributed by atoms with Crippen LogP contribution >= 0.6 is 0 Å². The van der Waals surface area contributed by atoms with Gasteiger partial charge in [-0.15, -0.1) is 0 Å². The van der Waals surface area contributed by atoms with Crippen molar-refractivity contribution in [2.24, 2.45) is 0 Å². The summed E-state index contributed by atoms with van der Waals surface area (Å²) in [6.45, 7) is -0.435. The number of aromatic nitrogens is 1. The van der Waals surface area contributed by atoms with E-state index in [4.69, 9.17) is 4.74 Å². The lowest BCUT2D eigenvalue weighted by Crippen LogP contribution is -2.55. The van der Waals surface area contributed by atoms with Gasteiger partial charge in [-0.1, -0.05) is 30.3 Å². The molecule has 128 valence electrons. The van der Waals surface area contributed by atoms with Crippen LogP contribution in [0.15, 0.2) is 48.7 Å². The average molecular weight is 331 g/mol. The van der Waals surface area contributed by atoms with Gasteiger partial charge in [0.25, 0.3) is 0 Å². The minimum absolute atomic E-state index is 0.435. The summed E-state index contributed by atoms with van der Waals surface area (Å²) in [5.74, 6) is 0. The summed E-state index contributed by atoms with van der Waals surface area (Å²) in [6.07, 6.45) is -3.36. The molecule has 1 aliphatic heterocycles. The Bertz CT molecular complexity index is 663. The van der Waals surface area contributed by atoms with E-state index in [1.54, 1.807) is 12.3 Å².